The Morgan fingerprint density at radius 1 is 1.06 bits per heavy atom. The summed E-state index contributed by atoms with van der Waals surface area (Å²) in [5.41, 5.74) is 3.12. The number of rotatable bonds is 0. The topological polar surface area (TPSA) is 0 Å². The van der Waals surface area contributed by atoms with Gasteiger partial charge in [-0.2, -0.15) is 0 Å². The molecule has 2 rings (SSSR count). The molecule has 0 N–H and O–H groups in total. The Bertz CT molecular complexity index is 594. The van der Waals surface area contributed by atoms with Gasteiger partial charge in [-0.05, 0) is 35.9 Å². The van der Waals surface area contributed by atoms with Gasteiger partial charge in [0.25, 0.3) is 0 Å². The van der Waals surface area contributed by atoms with E-state index in [2.05, 4.69) is 30.8 Å². The Labute approximate surface area is 100.0 Å². The minimum atomic E-state index is 0.881. The van der Waals surface area contributed by atoms with Gasteiger partial charge in [0, 0.05) is 5.56 Å². The second-order valence-corrected chi connectivity index (χ2v) is 4.29. The second kappa shape index (κ2) is 4.71. The first-order valence-corrected chi connectivity index (χ1v) is 5.81. The highest BCUT2D eigenvalue weighted by atomic mass is 32.1. The average molecular weight is 222 g/mol. The maximum atomic E-state index is 5.38. The molecule has 16 heavy (non-hydrogen) atoms. The van der Waals surface area contributed by atoms with Crippen LogP contribution in [-0.2, 0) is 0 Å². The molecule has 0 aliphatic rings. The van der Waals surface area contributed by atoms with Crippen molar-refractivity contribution >= 4 is 11.3 Å². The molecule has 1 heterocycles. The summed E-state index contributed by atoms with van der Waals surface area (Å²) in [6, 6.07) is 10.0. The lowest BCUT2D eigenvalue weighted by Gasteiger charge is -1.94. The fraction of sp³-hybridized carbons (Fsp3) is 0.0667. The Morgan fingerprint density at radius 3 is 2.62 bits per heavy atom. The molecule has 1 aromatic carbocycles. The second-order valence-electron chi connectivity index (χ2n) is 3.37. The van der Waals surface area contributed by atoms with Crippen molar-refractivity contribution in [2.24, 2.45) is 0 Å². The van der Waals surface area contributed by atoms with Crippen molar-refractivity contribution in [3.8, 4) is 24.2 Å². The number of thiophene rings is 1. The highest BCUT2D eigenvalue weighted by molar-refractivity contribution is 7.10. The lowest BCUT2D eigenvalue weighted by molar-refractivity contribution is 1.44. The first kappa shape index (κ1) is 10.6. The van der Waals surface area contributed by atoms with Crippen LogP contribution in [0.5, 0.6) is 0 Å². The summed E-state index contributed by atoms with van der Waals surface area (Å²) in [5.74, 6) is 8.92. The van der Waals surface area contributed by atoms with Crippen LogP contribution in [0, 0.1) is 31.1 Å². The van der Waals surface area contributed by atoms with Gasteiger partial charge in [0.05, 0.1) is 10.4 Å². The van der Waals surface area contributed by atoms with Gasteiger partial charge < -0.3 is 0 Å². The van der Waals surface area contributed by atoms with Crippen molar-refractivity contribution in [2.45, 2.75) is 6.92 Å². The minimum absolute atomic E-state index is 0.881. The molecule has 1 heteroatoms. The zero-order valence-electron chi connectivity index (χ0n) is 8.95. The van der Waals surface area contributed by atoms with Gasteiger partial charge in [-0.3, -0.25) is 0 Å². The van der Waals surface area contributed by atoms with Crippen molar-refractivity contribution in [1.29, 1.82) is 0 Å². The third kappa shape index (κ3) is 2.16. The normalized spacial score (nSPS) is 9.00. The van der Waals surface area contributed by atoms with E-state index in [1.807, 2.05) is 29.6 Å². The van der Waals surface area contributed by atoms with E-state index in [0.29, 0.717) is 0 Å². The highest BCUT2D eigenvalue weighted by Crippen LogP contribution is 2.14. The SMILES string of the molecule is C#Cc1ccsc1C#Cc1ccccc1C. The molecule has 0 bridgehead atoms. The number of benzene rings is 1. The number of aryl methyl sites for hydroxylation is 1. The quantitative estimate of drug-likeness (QED) is 0.599. The van der Waals surface area contributed by atoms with Crippen molar-refractivity contribution in [3.05, 3.63) is 57.3 Å². The third-order valence-corrected chi connectivity index (χ3v) is 3.11. The van der Waals surface area contributed by atoms with Gasteiger partial charge in [-0.15, -0.1) is 17.8 Å². The summed E-state index contributed by atoms with van der Waals surface area (Å²) >= 11 is 1.58. The third-order valence-electron chi connectivity index (χ3n) is 2.28. The van der Waals surface area contributed by atoms with Gasteiger partial charge in [-0.25, -0.2) is 0 Å². The van der Waals surface area contributed by atoms with Crippen LogP contribution < -0.4 is 0 Å². The van der Waals surface area contributed by atoms with Crippen molar-refractivity contribution in [1.82, 2.24) is 0 Å². The van der Waals surface area contributed by atoms with E-state index in [1.54, 1.807) is 11.3 Å². The standard InChI is InChI=1S/C15H10S/c1-3-13-10-11-16-15(13)9-8-14-7-5-4-6-12(14)2/h1,4-7,10-11H,2H3. The van der Waals surface area contributed by atoms with Gasteiger partial charge in [0.2, 0.25) is 0 Å². The minimum Gasteiger partial charge on any atom is -0.134 e. The predicted molar refractivity (Wildman–Crippen MR) is 69.4 cm³/mol. The number of hydrogen-bond acceptors (Lipinski definition) is 1. The molecular weight excluding hydrogens is 212 g/mol. The zero-order valence-corrected chi connectivity index (χ0v) is 9.77. The van der Waals surface area contributed by atoms with Crippen LogP contribution in [0.1, 0.15) is 21.6 Å². The van der Waals surface area contributed by atoms with E-state index in [1.165, 1.54) is 5.56 Å². The Hall–Kier alpha value is -1.96. The highest BCUT2D eigenvalue weighted by Gasteiger charge is 1.97. The molecule has 0 aliphatic carbocycles. The Kier molecular flexibility index (Phi) is 3.10. The van der Waals surface area contributed by atoms with Crippen molar-refractivity contribution < 1.29 is 0 Å². The first-order valence-electron chi connectivity index (χ1n) is 4.93. The molecular formula is C15H10S. The molecule has 0 unspecified atom stereocenters. The van der Waals surface area contributed by atoms with Gasteiger partial charge in [0.1, 0.15) is 0 Å². The van der Waals surface area contributed by atoms with E-state index in [4.69, 9.17) is 6.42 Å². The van der Waals surface area contributed by atoms with Crippen LogP contribution in [-0.4, -0.2) is 0 Å². The monoisotopic (exact) mass is 222 g/mol. The number of hydrogen-bond donors (Lipinski definition) is 0. The fourth-order valence-corrected chi connectivity index (χ4v) is 2.06. The Morgan fingerprint density at radius 2 is 1.88 bits per heavy atom. The molecule has 0 radical (unpaired) electrons. The summed E-state index contributed by atoms with van der Waals surface area (Å²) in [4.78, 5) is 0.964. The molecule has 0 fully saturated rings. The summed E-state index contributed by atoms with van der Waals surface area (Å²) in [7, 11) is 0. The molecule has 0 saturated carbocycles. The smallest absolute Gasteiger partial charge is 0.0928 e. The lowest BCUT2D eigenvalue weighted by Crippen LogP contribution is -1.80. The fourth-order valence-electron chi connectivity index (χ4n) is 1.36. The van der Waals surface area contributed by atoms with Crippen LogP contribution in [0.2, 0.25) is 0 Å². The number of terminal acetylenes is 1. The molecule has 0 spiro atoms. The van der Waals surface area contributed by atoms with E-state index in [-0.39, 0.29) is 0 Å². The van der Waals surface area contributed by atoms with Gasteiger partial charge in [0.15, 0.2) is 0 Å². The average Bonchev–Trinajstić information content (AvgIpc) is 2.75. The summed E-state index contributed by atoms with van der Waals surface area (Å²) in [6.45, 7) is 2.06. The first-order chi connectivity index (χ1) is 7.81. The largest absolute Gasteiger partial charge is 0.134 e. The molecule has 2 aromatic rings. The molecule has 0 amide bonds. The van der Waals surface area contributed by atoms with E-state index in [0.717, 1.165) is 16.0 Å². The maximum Gasteiger partial charge on any atom is 0.0928 e. The van der Waals surface area contributed by atoms with Crippen molar-refractivity contribution in [3.63, 3.8) is 0 Å². The van der Waals surface area contributed by atoms with Gasteiger partial charge in [-0.1, -0.05) is 30.0 Å². The molecule has 1 aromatic heterocycles. The van der Waals surface area contributed by atoms with Crippen LogP contribution in [0.3, 0.4) is 0 Å². The van der Waals surface area contributed by atoms with Gasteiger partial charge >= 0.3 is 0 Å². The molecule has 76 valence electrons. The molecule has 0 aliphatic heterocycles. The predicted octanol–water partition coefficient (Wildman–Crippen LogP) is 3.44. The Balaban J connectivity index is 2.37. The molecule has 0 atom stereocenters. The zero-order chi connectivity index (χ0) is 11.4. The van der Waals surface area contributed by atoms with E-state index >= 15 is 0 Å². The van der Waals surface area contributed by atoms with Crippen molar-refractivity contribution in [2.75, 3.05) is 0 Å². The summed E-state index contributed by atoms with van der Waals surface area (Å²) in [5, 5.41) is 1.97. The van der Waals surface area contributed by atoms with E-state index < -0.39 is 0 Å². The van der Waals surface area contributed by atoms with Crippen LogP contribution in [0.4, 0.5) is 0 Å². The lowest BCUT2D eigenvalue weighted by atomic mass is 10.1. The molecule has 0 saturated heterocycles. The molecule has 0 nitrogen and oxygen atoms in total. The summed E-state index contributed by atoms with van der Waals surface area (Å²) in [6.07, 6.45) is 5.38. The maximum absolute atomic E-state index is 5.38. The van der Waals surface area contributed by atoms with Crippen LogP contribution in [0.15, 0.2) is 35.7 Å². The van der Waals surface area contributed by atoms with Crippen LogP contribution in [0.25, 0.3) is 0 Å². The summed E-state index contributed by atoms with van der Waals surface area (Å²) < 4.78 is 0. The van der Waals surface area contributed by atoms with E-state index in [9.17, 15) is 0 Å². The van der Waals surface area contributed by atoms with Crippen LogP contribution >= 0.6 is 11.3 Å².